The first-order valence-electron chi connectivity index (χ1n) is 11.9. The number of rotatable bonds is 5. The Kier molecular flexibility index (Phi) is 5.91. The fraction of sp³-hybridized carbons (Fsp3) is 0.500. The highest BCUT2D eigenvalue weighted by molar-refractivity contribution is 6.32. The molecule has 1 saturated heterocycles. The number of halogens is 1. The Labute approximate surface area is 200 Å². The van der Waals surface area contributed by atoms with Gasteiger partial charge in [-0.2, -0.15) is 0 Å². The van der Waals surface area contributed by atoms with Gasteiger partial charge >= 0.3 is 0 Å². The van der Waals surface area contributed by atoms with Crippen LogP contribution in [0.15, 0.2) is 41.5 Å². The van der Waals surface area contributed by atoms with E-state index in [-0.39, 0.29) is 30.4 Å². The van der Waals surface area contributed by atoms with Crippen LogP contribution in [0.4, 0.5) is 0 Å². The maximum Gasteiger partial charge on any atom is 0.232 e. The van der Waals surface area contributed by atoms with Gasteiger partial charge in [0.15, 0.2) is 5.96 Å². The normalized spacial score (nSPS) is 28.0. The van der Waals surface area contributed by atoms with Crippen molar-refractivity contribution >= 4 is 23.5 Å². The molecule has 0 bridgehead atoms. The molecule has 3 heterocycles. The van der Waals surface area contributed by atoms with Crippen LogP contribution in [-0.2, 0) is 21.5 Å². The predicted octanol–water partition coefficient (Wildman–Crippen LogP) is 4.53. The number of aromatic nitrogens is 1. The molecule has 1 amide bonds. The summed E-state index contributed by atoms with van der Waals surface area (Å²) < 4.78 is 5.64. The molecule has 3 aliphatic rings. The Morgan fingerprint density at radius 3 is 2.73 bits per heavy atom. The lowest BCUT2D eigenvalue weighted by molar-refractivity contribution is -0.133. The van der Waals surface area contributed by atoms with Gasteiger partial charge in [-0.3, -0.25) is 14.7 Å². The molecular formula is C26H31ClN4O2. The zero-order valence-corrected chi connectivity index (χ0v) is 20.0. The van der Waals surface area contributed by atoms with E-state index in [4.69, 9.17) is 27.1 Å². The number of guanidine groups is 1. The predicted molar refractivity (Wildman–Crippen MR) is 129 cm³/mol. The van der Waals surface area contributed by atoms with E-state index in [0.717, 1.165) is 29.5 Å². The Morgan fingerprint density at radius 2 is 2.06 bits per heavy atom. The highest BCUT2D eigenvalue weighted by Gasteiger charge is 2.42. The van der Waals surface area contributed by atoms with Crippen LogP contribution in [0.5, 0.6) is 0 Å². The molecule has 2 fully saturated rings. The molecule has 33 heavy (non-hydrogen) atoms. The van der Waals surface area contributed by atoms with Crippen molar-refractivity contribution in [2.45, 2.75) is 76.0 Å². The van der Waals surface area contributed by atoms with Gasteiger partial charge in [0.25, 0.3) is 0 Å². The van der Waals surface area contributed by atoms with Gasteiger partial charge in [0.1, 0.15) is 0 Å². The van der Waals surface area contributed by atoms with Gasteiger partial charge in [0.05, 0.1) is 18.1 Å². The first-order chi connectivity index (χ1) is 15.8. The number of amides is 1. The van der Waals surface area contributed by atoms with Gasteiger partial charge < -0.3 is 10.5 Å². The van der Waals surface area contributed by atoms with E-state index in [9.17, 15) is 4.79 Å². The summed E-state index contributed by atoms with van der Waals surface area (Å²) in [7, 11) is 0. The second-order valence-corrected chi connectivity index (χ2v) is 10.2. The molecule has 0 radical (unpaired) electrons. The number of hydrogen-bond donors (Lipinski definition) is 1. The first kappa shape index (κ1) is 22.4. The van der Waals surface area contributed by atoms with E-state index in [2.05, 4.69) is 17.1 Å². The highest BCUT2D eigenvalue weighted by Crippen LogP contribution is 2.41. The van der Waals surface area contributed by atoms with Gasteiger partial charge in [-0.05, 0) is 62.3 Å². The number of nitrogens with zero attached hydrogens (tertiary/aromatic N) is 3. The zero-order chi connectivity index (χ0) is 23.2. The summed E-state index contributed by atoms with van der Waals surface area (Å²) in [5.74, 6) is 0.904. The smallest absolute Gasteiger partial charge is 0.232 e. The summed E-state index contributed by atoms with van der Waals surface area (Å²) in [6.45, 7) is 4.60. The van der Waals surface area contributed by atoms with Crippen molar-refractivity contribution in [3.05, 3.63) is 63.9 Å². The van der Waals surface area contributed by atoms with Crippen LogP contribution in [0.3, 0.4) is 0 Å². The number of aliphatic imine (C=N–C) groups is 1. The topological polar surface area (TPSA) is 80.8 Å². The molecule has 1 aromatic carbocycles. The Bertz CT molecular complexity index is 1080. The van der Waals surface area contributed by atoms with Crippen LogP contribution >= 0.6 is 11.6 Å². The van der Waals surface area contributed by atoms with Crippen LogP contribution in [0, 0.1) is 0 Å². The van der Waals surface area contributed by atoms with Gasteiger partial charge in [-0.1, -0.05) is 35.9 Å². The number of nitrogens with two attached hydrogens (primary N) is 1. The lowest BCUT2D eigenvalue weighted by Gasteiger charge is -2.41. The third-order valence-electron chi connectivity index (χ3n) is 7.09. The van der Waals surface area contributed by atoms with Crippen LogP contribution in [0.1, 0.15) is 74.3 Å². The van der Waals surface area contributed by atoms with Crippen molar-refractivity contribution in [3.63, 3.8) is 0 Å². The minimum Gasteiger partial charge on any atom is -0.378 e. The summed E-state index contributed by atoms with van der Waals surface area (Å²) in [4.78, 5) is 24.4. The summed E-state index contributed by atoms with van der Waals surface area (Å²) in [5.41, 5.74) is 9.71. The minimum absolute atomic E-state index is 0.00886. The number of pyridine rings is 1. The molecule has 2 N–H and O–H groups in total. The SMILES string of the molecule is C[C@H]1C[C@H](N2C(=O)C[C@@](C)(c3cccc(Cc4ccc(C5CC5)nc4)c3Cl)N=C2N)CCO1. The molecule has 2 aliphatic heterocycles. The van der Waals surface area contributed by atoms with Crippen molar-refractivity contribution in [2.24, 2.45) is 10.7 Å². The molecule has 2 aromatic rings. The van der Waals surface area contributed by atoms with Crippen molar-refractivity contribution in [1.82, 2.24) is 9.88 Å². The largest absolute Gasteiger partial charge is 0.378 e. The van der Waals surface area contributed by atoms with E-state index in [1.165, 1.54) is 18.5 Å². The van der Waals surface area contributed by atoms with E-state index in [0.29, 0.717) is 24.0 Å². The molecule has 1 aliphatic carbocycles. The van der Waals surface area contributed by atoms with E-state index < -0.39 is 5.54 Å². The summed E-state index contributed by atoms with van der Waals surface area (Å²) >= 11 is 6.90. The first-order valence-corrected chi connectivity index (χ1v) is 12.2. The fourth-order valence-electron chi connectivity index (χ4n) is 5.12. The fourth-order valence-corrected chi connectivity index (χ4v) is 5.52. The number of ether oxygens (including phenoxy) is 1. The summed E-state index contributed by atoms with van der Waals surface area (Å²) in [6, 6.07) is 10.3. The quantitative estimate of drug-likeness (QED) is 0.701. The Hall–Kier alpha value is -2.44. The highest BCUT2D eigenvalue weighted by atomic mass is 35.5. The van der Waals surface area contributed by atoms with Gasteiger partial charge in [0.2, 0.25) is 5.91 Å². The summed E-state index contributed by atoms with van der Waals surface area (Å²) in [5, 5.41) is 0.642. The average molecular weight is 467 g/mol. The van der Waals surface area contributed by atoms with Gasteiger partial charge in [0, 0.05) is 41.9 Å². The van der Waals surface area contributed by atoms with Gasteiger partial charge in [-0.15, -0.1) is 0 Å². The van der Waals surface area contributed by atoms with Crippen molar-refractivity contribution < 1.29 is 9.53 Å². The van der Waals surface area contributed by atoms with Crippen molar-refractivity contribution in [1.29, 1.82) is 0 Å². The van der Waals surface area contributed by atoms with Crippen LogP contribution in [-0.4, -0.2) is 40.5 Å². The number of benzene rings is 1. The minimum atomic E-state index is -0.796. The molecule has 3 atom stereocenters. The Balaban J connectivity index is 1.40. The van der Waals surface area contributed by atoms with Crippen molar-refractivity contribution in [3.8, 4) is 0 Å². The van der Waals surface area contributed by atoms with E-state index in [1.54, 1.807) is 4.90 Å². The molecule has 174 valence electrons. The second-order valence-electron chi connectivity index (χ2n) is 9.87. The van der Waals surface area contributed by atoms with E-state index >= 15 is 0 Å². The van der Waals surface area contributed by atoms with Crippen LogP contribution < -0.4 is 5.73 Å². The summed E-state index contributed by atoms with van der Waals surface area (Å²) in [6.07, 6.45) is 7.00. The lowest BCUT2D eigenvalue weighted by atomic mass is 9.85. The van der Waals surface area contributed by atoms with E-state index in [1.807, 2.05) is 38.2 Å². The average Bonchev–Trinajstić information content (AvgIpc) is 3.60. The second kappa shape index (κ2) is 8.73. The molecule has 5 rings (SSSR count). The maximum absolute atomic E-state index is 13.3. The zero-order valence-electron chi connectivity index (χ0n) is 19.3. The lowest BCUT2D eigenvalue weighted by Crippen LogP contribution is -2.56. The number of carbonyl (C=O) groups is 1. The van der Waals surface area contributed by atoms with Crippen LogP contribution in [0.25, 0.3) is 0 Å². The molecule has 7 heteroatoms. The molecule has 6 nitrogen and oxygen atoms in total. The molecule has 0 spiro atoms. The molecular weight excluding hydrogens is 436 g/mol. The molecule has 1 saturated carbocycles. The molecule has 0 unspecified atom stereocenters. The molecule has 1 aromatic heterocycles. The standard InChI is InChI=1S/C26H31ClN4O2/c1-16-12-20(10-11-33-16)31-23(32)14-26(2,30-25(31)28)21-5-3-4-19(24(21)27)13-17-6-9-22(29-15-17)18-7-8-18/h3-6,9,15-16,18,20H,7-8,10-14H2,1-2H3,(H2,28,30)/t16-,20+,26-/m0/s1. The van der Waals surface area contributed by atoms with Crippen molar-refractivity contribution in [2.75, 3.05) is 6.61 Å². The third kappa shape index (κ3) is 4.51. The monoisotopic (exact) mass is 466 g/mol. The number of carbonyl (C=O) groups excluding carboxylic acids is 1. The maximum atomic E-state index is 13.3. The van der Waals surface area contributed by atoms with Crippen LogP contribution in [0.2, 0.25) is 5.02 Å². The third-order valence-corrected chi connectivity index (χ3v) is 7.54. The van der Waals surface area contributed by atoms with Gasteiger partial charge in [-0.25, -0.2) is 4.99 Å². The Morgan fingerprint density at radius 1 is 1.24 bits per heavy atom. The number of hydrogen-bond acceptors (Lipinski definition) is 5.